The predicted octanol–water partition coefficient (Wildman–Crippen LogP) is 3.33. The summed E-state index contributed by atoms with van der Waals surface area (Å²) in [4.78, 5) is 12.4. The molecule has 1 N–H and O–H groups in total. The van der Waals surface area contributed by atoms with Crippen molar-refractivity contribution >= 4 is 5.91 Å². The first kappa shape index (κ1) is 20.1. The number of ether oxygens (including phenoxy) is 1. The lowest BCUT2D eigenvalue weighted by Gasteiger charge is -2.22. The number of methoxy groups -OCH3 is 1. The second-order valence-electron chi connectivity index (χ2n) is 7.41. The summed E-state index contributed by atoms with van der Waals surface area (Å²) >= 11 is 0. The minimum atomic E-state index is -0.489. The van der Waals surface area contributed by atoms with E-state index in [0.717, 1.165) is 48.9 Å². The van der Waals surface area contributed by atoms with Gasteiger partial charge in [-0.15, -0.1) is 0 Å². The van der Waals surface area contributed by atoms with E-state index in [-0.39, 0.29) is 11.8 Å². The normalized spacial score (nSPS) is 15.7. The lowest BCUT2D eigenvalue weighted by atomic mass is 9.88. The van der Waals surface area contributed by atoms with E-state index in [2.05, 4.69) is 16.5 Å². The zero-order chi connectivity index (χ0) is 19.8. The van der Waals surface area contributed by atoms with Crippen molar-refractivity contribution in [2.45, 2.75) is 51.1 Å². The van der Waals surface area contributed by atoms with Crippen LogP contribution >= 0.6 is 0 Å². The van der Waals surface area contributed by atoms with Crippen LogP contribution in [0.1, 0.15) is 37.7 Å². The molecule has 1 aromatic carbocycles. The second-order valence-corrected chi connectivity index (χ2v) is 7.41. The molecule has 1 aliphatic rings. The van der Waals surface area contributed by atoms with Gasteiger partial charge in [-0.1, -0.05) is 43.5 Å². The van der Waals surface area contributed by atoms with Gasteiger partial charge in [-0.05, 0) is 24.0 Å². The lowest BCUT2D eigenvalue weighted by Crippen LogP contribution is -2.40. The van der Waals surface area contributed by atoms with E-state index < -0.39 is 6.04 Å². The van der Waals surface area contributed by atoms with Crippen LogP contribution in [0.2, 0.25) is 0 Å². The Hall–Kier alpha value is -2.65. The first-order valence-corrected chi connectivity index (χ1v) is 10.0. The third-order valence-electron chi connectivity index (χ3n) is 5.33. The minimum Gasteiger partial charge on any atom is -0.383 e. The van der Waals surface area contributed by atoms with Crippen molar-refractivity contribution in [1.82, 2.24) is 15.1 Å². The average Bonchev–Trinajstić information content (AvgIpc) is 3.21. The van der Waals surface area contributed by atoms with Gasteiger partial charge in [0.2, 0.25) is 5.91 Å². The highest BCUT2D eigenvalue weighted by Gasteiger charge is 2.23. The first-order chi connectivity index (χ1) is 13.7. The topological polar surface area (TPSA) is 79.9 Å². The van der Waals surface area contributed by atoms with Crippen LogP contribution in [0.25, 0.3) is 11.1 Å². The number of carbonyl (C=O) groups excluding carboxylic acids is 1. The van der Waals surface area contributed by atoms with Crippen molar-refractivity contribution in [3.05, 3.63) is 42.2 Å². The molecule has 1 unspecified atom stereocenters. The summed E-state index contributed by atoms with van der Waals surface area (Å²) in [5.41, 5.74) is 3.16. The molecule has 0 bridgehead atoms. The lowest BCUT2D eigenvalue weighted by molar-refractivity contribution is -0.126. The van der Waals surface area contributed by atoms with Crippen molar-refractivity contribution < 1.29 is 9.53 Å². The van der Waals surface area contributed by atoms with Gasteiger partial charge < -0.3 is 10.1 Å². The molecule has 3 rings (SSSR count). The van der Waals surface area contributed by atoms with Crippen LogP contribution in [-0.2, 0) is 22.5 Å². The summed E-state index contributed by atoms with van der Waals surface area (Å²) in [6, 6.07) is 9.83. The molecule has 0 aliphatic heterocycles. The van der Waals surface area contributed by atoms with Crippen LogP contribution in [0, 0.1) is 17.2 Å². The highest BCUT2D eigenvalue weighted by Crippen LogP contribution is 2.24. The van der Waals surface area contributed by atoms with Crippen LogP contribution in [-0.4, -0.2) is 35.4 Å². The summed E-state index contributed by atoms with van der Waals surface area (Å²) < 4.78 is 6.93. The van der Waals surface area contributed by atoms with Crippen molar-refractivity contribution in [2.24, 2.45) is 5.92 Å². The Kier molecular flexibility index (Phi) is 7.21. The van der Waals surface area contributed by atoms with Crippen LogP contribution in [0.4, 0.5) is 0 Å². The fourth-order valence-corrected chi connectivity index (χ4v) is 3.67. The first-order valence-electron chi connectivity index (χ1n) is 10.0. The van der Waals surface area contributed by atoms with Crippen LogP contribution in [0.3, 0.4) is 0 Å². The van der Waals surface area contributed by atoms with Crippen molar-refractivity contribution in [3.63, 3.8) is 0 Å². The number of rotatable bonds is 8. The molecule has 1 fully saturated rings. The fourth-order valence-electron chi connectivity index (χ4n) is 3.67. The monoisotopic (exact) mass is 380 g/mol. The van der Waals surface area contributed by atoms with Gasteiger partial charge in [-0.3, -0.25) is 9.48 Å². The van der Waals surface area contributed by atoms with Gasteiger partial charge in [-0.25, -0.2) is 0 Å². The van der Waals surface area contributed by atoms with Crippen LogP contribution in [0.15, 0.2) is 36.7 Å². The molecule has 148 valence electrons. The third kappa shape index (κ3) is 5.43. The standard InChI is InChI=1S/C22H28N4O2/c1-28-12-11-26-16-20(15-24-26)18-9-7-17(8-10-18)13-21(14-23)25-22(27)19-5-3-2-4-6-19/h7-10,15-16,19,21H,2-6,11-13H2,1H3,(H,25,27). The molecule has 0 spiro atoms. The maximum absolute atomic E-state index is 12.4. The molecule has 6 nitrogen and oxygen atoms in total. The van der Waals surface area contributed by atoms with E-state index in [4.69, 9.17) is 4.74 Å². The number of hydrogen-bond donors (Lipinski definition) is 1. The van der Waals surface area contributed by atoms with Crippen molar-refractivity contribution in [1.29, 1.82) is 5.26 Å². The van der Waals surface area contributed by atoms with Crippen LogP contribution < -0.4 is 5.32 Å². The number of nitrogens with one attached hydrogen (secondary N) is 1. The maximum Gasteiger partial charge on any atom is 0.224 e. The number of aromatic nitrogens is 2. The van der Waals surface area contributed by atoms with Crippen molar-refractivity contribution in [3.8, 4) is 17.2 Å². The summed E-state index contributed by atoms with van der Waals surface area (Å²) in [5, 5.41) is 16.7. The quantitative estimate of drug-likeness (QED) is 0.762. The third-order valence-corrected chi connectivity index (χ3v) is 5.33. The van der Waals surface area contributed by atoms with Gasteiger partial charge in [0.25, 0.3) is 0 Å². The van der Waals surface area contributed by atoms with Gasteiger partial charge in [0.15, 0.2) is 0 Å². The number of carbonyl (C=O) groups is 1. The summed E-state index contributed by atoms with van der Waals surface area (Å²) in [7, 11) is 1.68. The average molecular weight is 380 g/mol. The van der Waals surface area contributed by atoms with E-state index in [1.54, 1.807) is 7.11 Å². The zero-order valence-corrected chi connectivity index (χ0v) is 16.4. The molecular formula is C22H28N4O2. The van der Waals surface area contributed by atoms with E-state index in [1.165, 1.54) is 6.42 Å². The van der Waals surface area contributed by atoms with E-state index in [0.29, 0.717) is 13.0 Å². The van der Waals surface area contributed by atoms with Gasteiger partial charge in [0.05, 0.1) is 25.4 Å². The number of nitrogens with zero attached hydrogens (tertiary/aromatic N) is 3. The van der Waals surface area contributed by atoms with Gasteiger partial charge in [-0.2, -0.15) is 10.4 Å². The molecule has 1 amide bonds. The molecule has 28 heavy (non-hydrogen) atoms. The molecule has 1 heterocycles. The van der Waals surface area contributed by atoms with Gasteiger partial charge in [0, 0.05) is 31.2 Å². The Bertz CT molecular complexity index is 801. The Morgan fingerprint density at radius 2 is 2.04 bits per heavy atom. The molecule has 6 heteroatoms. The molecule has 0 saturated heterocycles. The molecule has 1 atom stereocenters. The Balaban J connectivity index is 1.57. The fraction of sp³-hybridized carbons (Fsp3) is 0.500. The molecule has 0 radical (unpaired) electrons. The van der Waals surface area contributed by atoms with Crippen LogP contribution in [0.5, 0.6) is 0 Å². The summed E-state index contributed by atoms with van der Waals surface area (Å²) in [5.74, 6) is 0.105. The molecule has 2 aromatic rings. The highest BCUT2D eigenvalue weighted by atomic mass is 16.5. The number of amides is 1. The van der Waals surface area contributed by atoms with E-state index in [9.17, 15) is 10.1 Å². The molecular weight excluding hydrogens is 352 g/mol. The maximum atomic E-state index is 12.4. The van der Waals surface area contributed by atoms with E-state index in [1.807, 2.05) is 41.3 Å². The molecule has 1 saturated carbocycles. The van der Waals surface area contributed by atoms with Gasteiger partial charge >= 0.3 is 0 Å². The minimum absolute atomic E-state index is 0.0337. The SMILES string of the molecule is COCCn1cc(-c2ccc(CC(C#N)NC(=O)C3CCCCC3)cc2)cn1. The molecule has 1 aliphatic carbocycles. The second kappa shape index (κ2) is 10.0. The summed E-state index contributed by atoms with van der Waals surface area (Å²) in [6.07, 6.45) is 9.67. The van der Waals surface area contributed by atoms with E-state index >= 15 is 0 Å². The Labute approximate surface area is 166 Å². The summed E-state index contributed by atoms with van der Waals surface area (Å²) in [6.45, 7) is 1.35. The number of hydrogen-bond acceptors (Lipinski definition) is 4. The largest absolute Gasteiger partial charge is 0.383 e. The Morgan fingerprint density at radius 1 is 1.29 bits per heavy atom. The van der Waals surface area contributed by atoms with Crippen molar-refractivity contribution in [2.75, 3.05) is 13.7 Å². The zero-order valence-electron chi connectivity index (χ0n) is 16.4. The molecule has 1 aromatic heterocycles. The number of benzene rings is 1. The smallest absolute Gasteiger partial charge is 0.224 e. The Morgan fingerprint density at radius 3 is 2.71 bits per heavy atom. The van der Waals surface area contributed by atoms with Gasteiger partial charge in [0.1, 0.15) is 6.04 Å². The predicted molar refractivity (Wildman–Crippen MR) is 107 cm³/mol. The highest BCUT2D eigenvalue weighted by molar-refractivity contribution is 5.79. The number of nitriles is 1.